The normalized spacial score (nSPS) is 11.1. The largest absolute Gasteiger partial charge is 0.451 e. The number of aromatic amines is 1. The van der Waals surface area contributed by atoms with Gasteiger partial charge in [0.05, 0.1) is 18.1 Å². The van der Waals surface area contributed by atoms with Crippen LogP contribution in [0.25, 0.3) is 0 Å². The second-order valence-electron chi connectivity index (χ2n) is 3.27. The van der Waals surface area contributed by atoms with Crippen LogP contribution in [0.4, 0.5) is 23.9 Å². The van der Waals surface area contributed by atoms with E-state index < -0.39 is 17.6 Å². The summed E-state index contributed by atoms with van der Waals surface area (Å²) in [7, 11) is 0. The zero-order chi connectivity index (χ0) is 14.0. The zero-order valence-electron chi connectivity index (χ0n) is 8.95. The van der Waals surface area contributed by atoms with Crippen LogP contribution in [0.2, 0.25) is 0 Å². The highest BCUT2D eigenvalue weighted by Gasteiger charge is 2.34. The third kappa shape index (κ3) is 2.71. The molecule has 0 unspecified atom stereocenters. The summed E-state index contributed by atoms with van der Waals surface area (Å²) >= 11 is 0.856. The summed E-state index contributed by atoms with van der Waals surface area (Å²) in [6, 6.07) is 1.68. The average Bonchev–Trinajstić information content (AvgIpc) is 2.69. The lowest BCUT2D eigenvalue weighted by molar-refractivity contribution is -0.144. The summed E-state index contributed by atoms with van der Waals surface area (Å²) in [5.74, 6) is -1.26. The molecule has 10 heteroatoms. The lowest BCUT2D eigenvalue weighted by atomic mass is 10.3. The first-order valence-corrected chi connectivity index (χ1v) is 5.51. The second-order valence-corrected chi connectivity index (χ2v) is 4.08. The number of nitriles is 1. The highest BCUT2D eigenvalue weighted by molar-refractivity contribution is 7.10. The molecule has 2 aromatic rings. The molecule has 19 heavy (non-hydrogen) atoms. The molecular weight excluding hydrogens is 283 g/mol. The van der Waals surface area contributed by atoms with E-state index >= 15 is 0 Å². The first-order chi connectivity index (χ1) is 8.91. The summed E-state index contributed by atoms with van der Waals surface area (Å²) in [5, 5.41) is 11.5. The molecule has 0 radical (unpaired) electrons. The Morgan fingerprint density at radius 1 is 1.37 bits per heavy atom. The number of hydrogen-bond acceptors (Lipinski definition) is 6. The number of H-pyrrole nitrogens is 1. The number of alkyl halides is 3. The molecule has 0 aliphatic carbocycles. The fourth-order valence-corrected chi connectivity index (χ4v) is 1.87. The fraction of sp³-hybridized carbons (Fsp3) is 0.111. The van der Waals surface area contributed by atoms with Crippen LogP contribution in [0.3, 0.4) is 0 Å². The highest BCUT2D eigenvalue weighted by Crippen LogP contribution is 2.27. The van der Waals surface area contributed by atoms with E-state index in [1.54, 1.807) is 6.07 Å². The van der Waals surface area contributed by atoms with Crippen molar-refractivity contribution < 1.29 is 13.2 Å². The van der Waals surface area contributed by atoms with E-state index in [0.717, 1.165) is 23.9 Å². The molecule has 98 valence electrons. The molecule has 0 aliphatic heterocycles. The van der Waals surface area contributed by atoms with Gasteiger partial charge in [-0.2, -0.15) is 18.4 Å². The number of nitrogens with zero attached hydrogens (tertiary/aromatic N) is 3. The number of nitrogens with one attached hydrogen (secondary N) is 2. The average molecular weight is 287 g/mol. The molecule has 0 amide bonds. The van der Waals surface area contributed by atoms with Crippen molar-refractivity contribution in [3.8, 4) is 6.07 Å². The van der Waals surface area contributed by atoms with Crippen LogP contribution in [0.1, 0.15) is 11.4 Å². The fourth-order valence-electron chi connectivity index (χ4n) is 1.16. The van der Waals surface area contributed by atoms with Gasteiger partial charge in [-0.3, -0.25) is 9.17 Å². The van der Waals surface area contributed by atoms with E-state index in [4.69, 9.17) is 5.26 Å². The van der Waals surface area contributed by atoms with Crippen molar-refractivity contribution in [2.75, 3.05) is 5.32 Å². The van der Waals surface area contributed by atoms with Crippen molar-refractivity contribution in [1.29, 1.82) is 5.26 Å². The Kier molecular flexibility index (Phi) is 3.22. The first kappa shape index (κ1) is 13.0. The SMILES string of the molecule is N#Cc1c(Nc2cnc(C(F)(F)F)nc2)s[nH]c1=O. The molecule has 2 heterocycles. The minimum atomic E-state index is -4.62. The molecule has 0 fully saturated rings. The van der Waals surface area contributed by atoms with Crippen molar-refractivity contribution in [1.82, 2.24) is 14.3 Å². The van der Waals surface area contributed by atoms with E-state index in [9.17, 15) is 18.0 Å². The van der Waals surface area contributed by atoms with Gasteiger partial charge in [-0.15, -0.1) is 0 Å². The van der Waals surface area contributed by atoms with Crippen LogP contribution < -0.4 is 10.9 Å². The molecule has 0 atom stereocenters. The number of aromatic nitrogens is 3. The number of anilines is 2. The molecule has 0 saturated heterocycles. The minimum Gasteiger partial charge on any atom is -0.342 e. The molecule has 6 nitrogen and oxygen atoms in total. The molecule has 2 N–H and O–H groups in total. The van der Waals surface area contributed by atoms with Gasteiger partial charge in [0, 0.05) is 0 Å². The Labute approximate surface area is 107 Å². The van der Waals surface area contributed by atoms with E-state index in [2.05, 4.69) is 19.7 Å². The predicted molar refractivity (Wildman–Crippen MR) is 60.0 cm³/mol. The van der Waals surface area contributed by atoms with Crippen LogP contribution in [0.5, 0.6) is 0 Å². The Hall–Kier alpha value is -2.41. The van der Waals surface area contributed by atoms with Crippen LogP contribution in [-0.2, 0) is 6.18 Å². The molecule has 0 saturated carbocycles. The zero-order valence-corrected chi connectivity index (χ0v) is 9.76. The van der Waals surface area contributed by atoms with Crippen LogP contribution in [0.15, 0.2) is 17.2 Å². The maximum Gasteiger partial charge on any atom is 0.451 e. The lowest BCUT2D eigenvalue weighted by Crippen LogP contribution is -2.10. The standard InChI is InChI=1S/C9H4F3N5OS/c10-9(11,12)8-14-2-4(3-15-8)16-7-5(1-13)6(18)17-19-7/h2-3,16H,(H,17,18). The third-order valence-electron chi connectivity index (χ3n) is 1.97. The van der Waals surface area contributed by atoms with Gasteiger partial charge in [0.25, 0.3) is 5.56 Å². The van der Waals surface area contributed by atoms with Gasteiger partial charge in [-0.05, 0) is 11.5 Å². The van der Waals surface area contributed by atoms with E-state index in [-0.39, 0.29) is 16.3 Å². The van der Waals surface area contributed by atoms with Crippen molar-refractivity contribution in [3.63, 3.8) is 0 Å². The van der Waals surface area contributed by atoms with Crippen molar-refractivity contribution in [2.24, 2.45) is 0 Å². The summed E-state index contributed by atoms with van der Waals surface area (Å²) in [4.78, 5) is 17.4. The Balaban J connectivity index is 2.25. The van der Waals surface area contributed by atoms with Gasteiger partial charge in [0.15, 0.2) is 5.56 Å². The highest BCUT2D eigenvalue weighted by atomic mass is 32.1. The summed E-state index contributed by atoms with van der Waals surface area (Å²) in [6.07, 6.45) is -2.78. The van der Waals surface area contributed by atoms with Gasteiger partial charge in [0.1, 0.15) is 11.1 Å². The summed E-state index contributed by atoms with van der Waals surface area (Å²) in [5.41, 5.74) is -0.576. The van der Waals surface area contributed by atoms with Gasteiger partial charge >= 0.3 is 6.18 Å². The molecule has 0 bridgehead atoms. The lowest BCUT2D eigenvalue weighted by Gasteiger charge is -2.06. The van der Waals surface area contributed by atoms with Crippen LogP contribution in [-0.4, -0.2) is 14.3 Å². The topological polar surface area (TPSA) is 94.5 Å². The second kappa shape index (κ2) is 4.69. The molecule has 0 aliphatic rings. The van der Waals surface area contributed by atoms with Gasteiger partial charge in [0.2, 0.25) is 5.82 Å². The van der Waals surface area contributed by atoms with Gasteiger partial charge in [-0.25, -0.2) is 9.97 Å². The maximum absolute atomic E-state index is 12.2. The number of halogens is 3. The molecule has 2 rings (SSSR count). The maximum atomic E-state index is 12.2. The van der Waals surface area contributed by atoms with Gasteiger partial charge < -0.3 is 5.32 Å². The molecule has 2 aromatic heterocycles. The van der Waals surface area contributed by atoms with Crippen LogP contribution >= 0.6 is 11.5 Å². The predicted octanol–water partition coefficient (Wildman–Crippen LogP) is 1.86. The smallest absolute Gasteiger partial charge is 0.342 e. The monoisotopic (exact) mass is 287 g/mol. The van der Waals surface area contributed by atoms with Gasteiger partial charge in [-0.1, -0.05) is 0 Å². The Morgan fingerprint density at radius 2 is 2.00 bits per heavy atom. The van der Waals surface area contributed by atoms with Crippen LogP contribution in [0, 0.1) is 11.3 Å². The summed E-state index contributed by atoms with van der Waals surface area (Å²) in [6.45, 7) is 0. The number of hydrogen-bond donors (Lipinski definition) is 2. The van der Waals surface area contributed by atoms with E-state index in [0.29, 0.717) is 0 Å². The molecule has 0 spiro atoms. The van der Waals surface area contributed by atoms with E-state index in [1.165, 1.54) is 0 Å². The Morgan fingerprint density at radius 3 is 2.53 bits per heavy atom. The van der Waals surface area contributed by atoms with Crippen molar-refractivity contribution in [2.45, 2.75) is 6.18 Å². The third-order valence-corrected chi connectivity index (χ3v) is 2.77. The first-order valence-electron chi connectivity index (χ1n) is 4.69. The summed E-state index contributed by atoms with van der Waals surface area (Å²) < 4.78 is 39.0. The van der Waals surface area contributed by atoms with E-state index in [1.807, 2.05) is 0 Å². The van der Waals surface area contributed by atoms with Crippen molar-refractivity contribution in [3.05, 3.63) is 34.1 Å². The quantitative estimate of drug-likeness (QED) is 0.879. The minimum absolute atomic E-state index is 0.139. The van der Waals surface area contributed by atoms with Crippen molar-refractivity contribution >= 4 is 22.2 Å². The molecular formula is C9H4F3N5OS. The molecule has 0 aromatic carbocycles. The number of rotatable bonds is 2. The Bertz CT molecular complexity index is 682.